The van der Waals surface area contributed by atoms with Crippen LogP contribution in [0, 0.1) is 0 Å². The Morgan fingerprint density at radius 3 is 2.40 bits per heavy atom. The summed E-state index contributed by atoms with van der Waals surface area (Å²) in [7, 11) is 0. The third kappa shape index (κ3) is 5.36. The zero-order valence-electron chi connectivity index (χ0n) is 18.8. The van der Waals surface area contributed by atoms with Gasteiger partial charge in [0.1, 0.15) is 11.8 Å². The van der Waals surface area contributed by atoms with Crippen LogP contribution in [0.5, 0.6) is 0 Å². The molecule has 1 fully saturated rings. The van der Waals surface area contributed by atoms with E-state index < -0.39 is 29.9 Å². The van der Waals surface area contributed by atoms with Crippen LogP contribution in [0.15, 0.2) is 71.3 Å². The Balaban J connectivity index is 1.51. The van der Waals surface area contributed by atoms with Gasteiger partial charge in [0.05, 0.1) is 37.1 Å². The first-order chi connectivity index (χ1) is 16.9. The number of amides is 4. The molecule has 3 aromatic rings. The molecule has 1 atom stereocenters. The highest BCUT2D eigenvalue weighted by Crippen LogP contribution is 2.29. The first-order valence-electron chi connectivity index (χ1n) is 10.9. The molecule has 0 aliphatic carbocycles. The minimum absolute atomic E-state index is 0.0217. The van der Waals surface area contributed by atoms with Gasteiger partial charge < -0.3 is 19.4 Å². The van der Waals surface area contributed by atoms with Gasteiger partial charge in [0.25, 0.3) is 5.91 Å². The second-order valence-corrected chi connectivity index (χ2v) is 8.14. The SMILES string of the molecule is CCOC(=O)c1ccc(NC(=O)CC2C(=O)N(c3ccc(Cl)cc3)C(=O)N2Cc2ccco2)cc1. The lowest BCUT2D eigenvalue weighted by molar-refractivity contribution is -0.124. The molecular weight excluding hydrogens is 474 g/mol. The summed E-state index contributed by atoms with van der Waals surface area (Å²) in [5.41, 5.74) is 1.14. The molecule has 180 valence electrons. The molecule has 1 aromatic heterocycles. The topological polar surface area (TPSA) is 109 Å². The highest BCUT2D eigenvalue weighted by Gasteiger charge is 2.47. The van der Waals surface area contributed by atoms with E-state index in [0.717, 1.165) is 4.90 Å². The quantitative estimate of drug-likeness (QED) is 0.364. The molecule has 4 amide bonds. The van der Waals surface area contributed by atoms with Gasteiger partial charge in [0, 0.05) is 10.7 Å². The number of carbonyl (C=O) groups excluding carboxylic acids is 4. The number of esters is 1. The summed E-state index contributed by atoms with van der Waals surface area (Å²) >= 11 is 5.94. The highest BCUT2D eigenvalue weighted by atomic mass is 35.5. The smallest absolute Gasteiger partial charge is 0.338 e. The maximum atomic E-state index is 13.3. The molecule has 2 aromatic carbocycles. The number of halogens is 1. The first kappa shape index (κ1) is 24.0. The van der Waals surface area contributed by atoms with E-state index in [1.165, 1.54) is 23.3 Å². The van der Waals surface area contributed by atoms with E-state index in [2.05, 4.69) is 5.32 Å². The molecule has 9 nitrogen and oxygen atoms in total. The van der Waals surface area contributed by atoms with Crippen molar-refractivity contribution < 1.29 is 28.3 Å². The Bertz CT molecular complexity index is 1230. The Hall–Kier alpha value is -4.11. The molecular formula is C25H22ClN3O6. The van der Waals surface area contributed by atoms with E-state index in [4.69, 9.17) is 20.8 Å². The van der Waals surface area contributed by atoms with Crippen molar-refractivity contribution >= 4 is 46.8 Å². The minimum atomic E-state index is -1.04. The molecule has 10 heteroatoms. The number of urea groups is 1. The lowest BCUT2D eigenvalue weighted by Gasteiger charge is -2.20. The number of furan rings is 1. The van der Waals surface area contributed by atoms with Crippen molar-refractivity contribution in [2.45, 2.75) is 25.9 Å². The fourth-order valence-corrected chi connectivity index (χ4v) is 3.83. The second-order valence-electron chi connectivity index (χ2n) is 7.71. The van der Waals surface area contributed by atoms with Crippen LogP contribution in [0.2, 0.25) is 5.02 Å². The Morgan fingerprint density at radius 2 is 1.77 bits per heavy atom. The van der Waals surface area contributed by atoms with Crippen LogP contribution in [0.3, 0.4) is 0 Å². The summed E-state index contributed by atoms with van der Waals surface area (Å²) in [6.07, 6.45) is 1.20. The van der Waals surface area contributed by atoms with Gasteiger partial charge >= 0.3 is 12.0 Å². The van der Waals surface area contributed by atoms with Gasteiger partial charge in [0.15, 0.2) is 0 Å². The second kappa shape index (κ2) is 10.4. The number of nitrogens with one attached hydrogen (secondary N) is 1. The number of ether oxygens (including phenoxy) is 1. The normalized spacial score (nSPS) is 15.4. The molecule has 35 heavy (non-hydrogen) atoms. The number of hydrogen-bond acceptors (Lipinski definition) is 6. The summed E-state index contributed by atoms with van der Waals surface area (Å²) in [5.74, 6) is -0.987. The van der Waals surface area contributed by atoms with E-state index in [1.807, 2.05) is 0 Å². The summed E-state index contributed by atoms with van der Waals surface area (Å²) in [4.78, 5) is 53.5. The molecule has 1 unspecified atom stereocenters. The van der Waals surface area contributed by atoms with Crippen LogP contribution < -0.4 is 10.2 Å². The number of hydrogen-bond donors (Lipinski definition) is 1. The fourth-order valence-electron chi connectivity index (χ4n) is 3.70. The molecule has 0 radical (unpaired) electrons. The van der Waals surface area contributed by atoms with Crippen molar-refractivity contribution in [2.75, 3.05) is 16.8 Å². The number of carbonyl (C=O) groups is 4. The number of rotatable bonds is 8. The Labute approximate surface area is 206 Å². The molecule has 1 N–H and O–H groups in total. The van der Waals surface area contributed by atoms with Crippen molar-refractivity contribution in [3.05, 3.63) is 83.3 Å². The van der Waals surface area contributed by atoms with E-state index in [0.29, 0.717) is 27.7 Å². The molecule has 2 heterocycles. The molecule has 4 rings (SSSR count). The molecule has 1 saturated heterocycles. The fraction of sp³-hybridized carbons (Fsp3) is 0.200. The van der Waals surface area contributed by atoms with Gasteiger partial charge in [-0.05, 0) is 67.6 Å². The number of imide groups is 1. The van der Waals surface area contributed by atoms with Crippen LogP contribution >= 0.6 is 11.6 Å². The zero-order valence-corrected chi connectivity index (χ0v) is 19.5. The molecule has 0 saturated carbocycles. The number of benzene rings is 2. The van der Waals surface area contributed by atoms with Crippen LogP contribution in [-0.4, -0.2) is 41.4 Å². The van der Waals surface area contributed by atoms with E-state index in [-0.39, 0.29) is 19.6 Å². The van der Waals surface area contributed by atoms with Crippen LogP contribution in [0.1, 0.15) is 29.5 Å². The zero-order chi connectivity index (χ0) is 24.9. The van der Waals surface area contributed by atoms with E-state index >= 15 is 0 Å². The number of nitrogens with zero attached hydrogens (tertiary/aromatic N) is 2. The van der Waals surface area contributed by atoms with Crippen LogP contribution in [0.25, 0.3) is 0 Å². The number of anilines is 2. The van der Waals surface area contributed by atoms with Crippen LogP contribution in [-0.2, 0) is 20.9 Å². The summed E-state index contributed by atoms with van der Waals surface area (Å²) in [6.45, 7) is 1.99. The van der Waals surface area contributed by atoms with Crippen molar-refractivity contribution in [1.29, 1.82) is 0 Å². The lowest BCUT2D eigenvalue weighted by Crippen LogP contribution is -2.37. The maximum absolute atomic E-state index is 13.3. The van der Waals surface area contributed by atoms with Crippen LogP contribution in [0.4, 0.5) is 16.2 Å². The molecule has 0 bridgehead atoms. The standard InChI is InChI=1S/C25H22ClN3O6/c1-2-34-24(32)16-5-9-18(10-6-16)27-22(30)14-21-23(31)29(19-11-7-17(26)8-12-19)25(33)28(21)15-20-4-3-13-35-20/h3-13,21H,2,14-15H2,1H3,(H,27,30). The van der Waals surface area contributed by atoms with Gasteiger partial charge in [0.2, 0.25) is 5.91 Å². The summed E-state index contributed by atoms with van der Waals surface area (Å²) < 4.78 is 10.3. The highest BCUT2D eigenvalue weighted by molar-refractivity contribution is 6.30. The Kier molecular flexibility index (Phi) is 7.17. The predicted octanol–water partition coefficient (Wildman–Crippen LogP) is 4.48. The predicted molar refractivity (Wildman–Crippen MR) is 128 cm³/mol. The van der Waals surface area contributed by atoms with Crippen molar-refractivity contribution in [3.8, 4) is 0 Å². The molecule has 1 aliphatic rings. The monoisotopic (exact) mass is 495 g/mol. The first-order valence-corrected chi connectivity index (χ1v) is 11.2. The van der Waals surface area contributed by atoms with Gasteiger partial charge in [-0.15, -0.1) is 0 Å². The molecule has 0 spiro atoms. The van der Waals surface area contributed by atoms with Gasteiger partial charge in [-0.3, -0.25) is 9.59 Å². The largest absolute Gasteiger partial charge is 0.467 e. The molecule has 1 aliphatic heterocycles. The van der Waals surface area contributed by atoms with Crippen molar-refractivity contribution in [1.82, 2.24) is 4.90 Å². The average Bonchev–Trinajstić information content (AvgIpc) is 3.43. The minimum Gasteiger partial charge on any atom is -0.467 e. The van der Waals surface area contributed by atoms with Gasteiger partial charge in [-0.1, -0.05) is 11.6 Å². The summed E-state index contributed by atoms with van der Waals surface area (Å²) in [5, 5.41) is 3.17. The third-order valence-corrected chi connectivity index (χ3v) is 5.62. The summed E-state index contributed by atoms with van der Waals surface area (Å²) in [6, 6.07) is 14.2. The maximum Gasteiger partial charge on any atom is 0.338 e. The van der Waals surface area contributed by atoms with Crippen molar-refractivity contribution in [2.24, 2.45) is 0 Å². The average molecular weight is 496 g/mol. The van der Waals surface area contributed by atoms with Crippen molar-refractivity contribution in [3.63, 3.8) is 0 Å². The van der Waals surface area contributed by atoms with Gasteiger partial charge in [-0.2, -0.15) is 0 Å². The third-order valence-electron chi connectivity index (χ3n) is 5.37. The lowest BCUT2D eigenvalue weighted by atomic mass is 10.1. The van der Waals surface area contributed by atoms with E-state index in [1.54, 1.807) is 55.5 Å². The Morgan fingerprint density at radius 1 is 1.06 bits per heavy atom. The van der Waals surface area contributed by atoms with Gasteiger partial charge in [-0.25, -0.2) is 14.5 Å². The van der Waals surface area contributed by atoms with E-state index in [9.17, 15) is 19.2 Å².